The number of hydrogen-bond donors (Lipinski definition) is 1. The second-order valence-electron chi connectivity index (χ2n) is 7.83. The Morgan fingerprint density at radius 2 is 2.00 bits per heavy atom. The van der Waals surface area contributed by atoms with Crippen LogP contribution in [0.3, 0.4) is 0 Å². The maximum atomic E-state index is 12.9. The number of ether oxygens (including phenoxy) is 1. The minimum Gasteiger partial charge on any atom is -0.507 e. The van der Waals surface area contributed by atoms with E-state index in [1.807, 2.05) is 13.0 Å². The summed E-state index contributed by atoms with van der Waals surface area (Å²) < 4.78 is 5.75. The number of aliphatic hydroxyl groups excluding tert-OH is 1. The third-order valence-electron chi connectivity index (χ3n) is 4.95. The Morgan fingerprint density at radius 3 is 2.67 bits per heavy atom. The number of carbonyl (C=O) groups excluding carboxylic acids is 2. The summed E-state index contributed by atoms with van der Waals surface area (Å²) in [6.45, 7) is 7.09. The van der Waals surface area contributed by atoms with E-state index < -0.39 is 17.7 Å². The Balaban J connectivity index is 2.06. The van der Waals surface area contributed by atoms with Gasteiger partial charge in [-0.05, 0) is 36.6 Å². The van der Waals surface area contributed by atoms with Crippen LogP contribution in [0.2, 0.25) is 0 Å². The van der Waals surface area contributed by atoms with Crippen LogP contribution >= 0.6 is 0 Å². The molecule has 1 aliphatic heterocycles. The molecule has 1 amide bonds. The first-order chi connectivity index (χ1) is 14.4. The summed E-state index contributed by atoms with van der Waals surface area (Å²) in [5.74, 6) is -0.545. The predicted octanol–water partition coefficient (Wildman–Crippen LogP) is 4.34. The second kappa shape index (κ2) is 9.57. The molecule has 1 atom stereocenters. The zero-order chi connectivity index (χ0) is 21.7. The molecular weight excluding hydrogens is 380 g/mol. The molecule has 1 aromatic heterocycles. The van der Waals surface area contributed by atoms with E-state index in [4.69, 9.17) is 4.74 Å². The van der Waals surface area contributed by atoms with Gasteiger partial charge in [-0.3, -0.25) is 14.6 Å². The minimum absolute atomic E-state index is 0.0656. The van der Waals surface area contributed by atoms with Gasteiger partial charge in [0.2, 0.25) is 0 Å². The molecule has 1 aromatic carbocycles. The van der Waals surface area contributed by atoms with E-state index in [1.54, 1.807) is 42.6 Å². The normalized spacial score (nSPS) is 18.3. The van der Waals surface area contributed by atoms with Gasteiger partial charge in [-0.1, -0.05) is 45.4 Å². The highest BCUT2D eigenvalue weighted by Gasteiger charge is 2.46. The van der Waals surface area contributed by atoms with Crippen LogP contribution in [0.25, 0.3) is 5.76 Å². The summed E-state index contributed by atoms with van der Waals surface area (Å²) in [5.41, 5.74) is 1.06. The van der Waals surface area contributed by atoms with Crippen LogP contribution in [-0.4, -0.2) is 39.8 Å². The van der Waals surface area contributed by atoms with E-state index in [2.05, 4.69) is 18.8 Å². The highest BCUT2D eigenvalue weighted by Crippen LogP contribution is 2.39. The lowest BCUT2D eigenvalue weighted by Gasteiger charge is -2.24. The highest BCUT2D eigenvalue weighted by atomic mass is 16.5. The number of aromatic nitrogens is 1. The van der Waals surface area contributed by atoms with E-state index in [0.717, 1.165) is 12.8 Å². The average Bonchev–Trinajstić information content (AvgIpc) is 3.01. The number of rotatable bonds is 8. The quantitative estimate of drug-likeness (QED) is 0.399. The first-order valence-corrected chi connectivity index (χ1v) is 10.4. The monoisotopic (exact) mass is 408 g/mol. The Hall–Kier alpha value is -3.15. The van der Waals surface area contributed by atoms with Gasteiger partial charge in [-0.25, -0.2) is 0 Å². The Morgan fingerprint density at radius 1 is 1.20 bits per heavy atom. The standard InChI is InChI=1S/C24H28N2O4/c1-4-5-13-26-21(19-11-6-7-12-25-19)20(23(28)24(26)29)22(27)17-9-8-10-18(14-17)30-15-16(2)3/h6-12,14,16,21,27H,4-5,13,15H2,1-3H3/b22-20-. The van der Waals surface area contributed by atoms with Crippen molar-refractivity contribution in [3.63, 3.8) is 0 Å². The molecule has 0 bridgehead atoms. The lowest BCUT2D eigenvalue weighted by molar-refractivity contribution is -0.140. The van der Waals surface area contributed by atoms with Crippen LogP contribution in [0.1, 0.15) is 50.9 Å². The van der Waals surface area contributed by atoms with Gasteiger partial charge in [-0.15, -0.1) is 0 Å². The molecule has 30 heavy (non-hydrogen) atoms. The van der Waals surface area contributed by atoms with Crippen LogP contribution in [0.15, 0.2) is 54.2 Å². The number of ketones is 1. The van der Waals surface area contributed by atoms with Crippen molar-refractivity contribution in [3.05, 3.63) is 65.5 Å². The first-order valence-electron chi connectivity index (χ1n) is 10.4. The average molecular weight is 408 g/mol. The summed E-state index contributed by atoms with van der Waals surface area (Å²) in [4.78, 5) is 31.6. The number of aliphatic hydroxyl groups is 1. The van der Waals surface area contributed by atoms with Crippen LogP contribution in [0, 0.1) is 5.92 Å². The van der Waals surface area contributed by atoms with Crippen molar-refractivity contribution < 1.29 is 19.4 Å². The first kappa shape index (κ1) is 21.6. The third kappa shape index (κ3) is 4.53. The molecule has 1 N–H and O–H groups in total. The van der Waals surface area contributed by atoms with Gasteiger partial charge in [0.15, 0.2) is 0 Å². The molecule has 1 saturated heterocycles. The molecule has 158 valence electrons. The van der Waals surface area contributed by atoms with Crippen LogP contribution in [-0.2, 0) is 9.59 Å². The molecule has 2 aromatic rings. The van der Waals surface area contributed by atoms with E-state index in [9.17, 15) is 14.7 Å². The third-order valence-corrected chi connectivity index (χ3v) is 4.95. The Labute approximate surface area is 177 Å². The summed E-state index contributed by atoms with van der Waals surface area (Å²) in [6, 6.07) is 11.6. The van der Waals surface area contributed by atoms with Crippen LogP contribution in [0.5, 0.6) is 5.75 Å². The second-order valence-corrected chi connectivity index (χ2v) is 7.83. The van der Waals surface area contributed by atoms with Gasteiger partial charge < -0.3 is 14.7 Å². The molecule has 6 nitrogen and oxygen atoms in total. The fraction of sp³-hybridized carbons (Fsp3) is 0.375. The Bertz CT molecular complexity index is 937. The fourth-order valence-corrected chi connectivity index (χ4v) is 3.44. The molecule has 0 saturated carbocycles. The maximum absolute atomic E-state index is 12.9. The predicted molar refractivity (Wildman–Crippen MR) is 115 cm³/mol. The lowest BCUT2D eigenvalue weighted by atomic mass is 9.98. The van der Waals surface area contributed by atoms with Crippen molar-refractivity contribution in [1.82, 2.24) is 9.88 Å². The zero-order valence-corrected chi connectivity index (χ0v) is 17.7. The molecular formula is C24H28N2O4. The van der Waals surface area contributed by atoms with Gasteiger partial charge in [0, 0.05) is 18.3 Å². The van der Waals surface area contributed by atoms with E-state index in [0.29, 0.717) is 36.1 Å². The largest absolute Gasteiger partial charge is 0.507 e. The van der Waals surface area contributed by atoms with Crippen LogP contribution < -0.4 is 4.74 Å². The summed E-state index contributed by atoms with van der Waals surface area (Å²) in [5, 5.41) is 11.1. The van der Waals surface area contributed by atoms with Crippen LogP contribution in [0.4, 0.5) is 0 Å². The number of amides is 1. The van der Waals surface area contributed by atoms with Crippen molar-refractivity contribution in [2.75, 3.05) is 13.2 Å². The van der Waals surface area contributed by atoms with Gasteiger partial charge in [0.05, 0.1) is 17.9 Å². The number of carbonyl (C=O) groups is 2. The summed E-state index contributed by atoms with van der Waals surface area (Å²) >= 11 is 0. The minimum atomic E-state index is -0.710. The van der Waals surface area contributed by atoms with E-state index >= 15 is 0 Å². The van der Waals surface area contributed by atoms with Gasteiger partial charge in [-0.2, -0.15) is 0 Å². The number of unbranched alkanes of at least 4 members (excludes halogenated alkanes) is 1. The molecule has 0 spiro atoms. The SMILES string of the molecule is CCCCN1C(=O)C(=O)/C(=C(\O)c2cccc(OCC(C)C)c2)C1c1ccccn1. The molecule has 1 fully saturated rings. The maximum Gasteiger partial charge on any atom is 0.295 e. The molecule has 0 aliphatic carbocycles. The molecule has 2 heterocycles. The van der Waals surface area contributed by atoms with Gasteiger partial charge in [0.25, 0.3) is 11.7 Å². The topological polar surface area (TPSA) is 79.7 Å². The van der Waals surface area contributed by atoms with Gasteiger partial charge in [0.1, 0.15) is 17.6 Å². The molecule has 0 radical (unpaired) electrons. The summed E-state index contributed by atoms with van der Waals surface area (Å²) in [6.07, 6.45) is 3.26. The fourth-order valence-electron chi connectivity index (χ4n) is 3.44. The van der Waals surface area contributed by atoms with E-state index in [1.165, 1.54) is 4.90 Å². The Kier molecular flexibility index (Phi) is 6.87. The van der Waals surface area contributed by atoms with Crippen molar-refractivity contribution >= 4 is 17.4 Å². The molecule has 1 unspecified atom stereocenters. The smallest absolute Gasteiger partial charge is 0.295 e. The highest BCUT2D eigenvalue weighted by molar-refractivity contribution is 6.46. The van der Waals surface area contributed by atoms with Crippen molar-refractivity contribution in [1.29, 1.82) is 0 Å². The molecule has 3 rings (SSSR count). The molecule has 6 heteroatoms. The lowest BCUT2D eigenvalue weighted by Crippen LogP contribution is -2.31. The number of Topliss-reactive ketones (excluding diaryl/α,β-unsaturated/α-hetero) is 1. The summed E-state index contributed by atoms with van der Waals surface area (Å²) in [7, 11) is 0. The van der Waals surface area contributed by atoms with Crippen molar-refractivity contribution in [2.24, 2.45) is 5.92 Å². The molecule has 1 aliphatic rings. The van der Waals surface area contributed by atoms with Gasteiger partial charge >= 0.3 is 0 Å². The number of hydrogen-bond acceptors (Lipinski definition) is 5. The number of benzene rings is 1. The van der Waals surface area contributed by atoms with Crippen molar-refractivity contribution in [3.8, 4) is 5.75 Å². The van der Waals surface area contributed by atoms with E-state index in [-0.39, 0.29) is 11.3 Å². The number of nitrogens with zero attached hydrogens (tertiary/aromatic N) is 2. The number of likely N-dealkylation sites (tertiary alicyclic amines) is 1. The number of pyridine rings is 1. The van der Waals surface area contributed by atoms with Crippen molar-refractivity contribution in [2.45, 2.75) is 39.7 Å². The zero-order valence-electron chi connectivity index (χ0n) is 17.7.